The molecule has 1 atom stereocenters. The molecule has 0 radical (unpaired) electrons. The van der Waals surface area contributed by atoms with Crippen LogP contribution in [0.4, 0.5) is 5.69 Å². The third-order valence-corrected chi connectivity index (χ3v) is 6.09. The summed E-state index contributed by atoms with van der Waals surface area (Å²) in [6, 6.07) is 8.01. The van der Waals surface area contributed by atoms with Crippen molar-refractivity contribution in [1.29, 1.82) is 0 Å². The van der Waals surface area contributed by atoms with E-state index in [0.717, 1.165) is 17.0 Å². The molecule has 140 valence electrons. The highest BCUT2D eigenvalue weighted by molar-refractivity contribution is 8.00. The van der Waals surface area contributed by atoms with Gasteiger partial charge in [-0.1, -0.05) is 30.7 Å². The number of thioether (sulfide) groups is 1. The molecular formula is C21H28N2O2S. The van der Waals surface area contributed by atoms with Crippen molar-refractivity contribution in [1.82, 2.24) is 5.32 Å². The van der Waals surface area contributed by atoms with Gasteiger partial charge in [0.25, 0.3) is 0 Å². The second-order valence-corrected chi connectivity index (χ2v) is 8.59. The Morgan fingerprint density at radius 3 is 2.88 bits per heavy atom. The van der Waals surface area contributed by atoms with E-state index in [4.69, 9.17) is 0 Å². The van der Waals surface area contributed by atoms with Crippen LogP contribution in [0.1, 0.15) is 51.9 Å². The number of anilines is 1. The normalized spacial score (nSPS) is 19.5. The molecular weight excluding hydrogens is 344 g/mol. The number of allylic oxidation sites excluding steroid dienone is 1. The summed E-state index contributed by atoms with van der Waals surface area (Å²) < 4.78 is 0. The highest BCUT2D eigenvalue weighted by Gasteiger charge is 2.26. The van der Waals surface area contributed by atoms with Crippen molar-refractivity contribution in [3.63, 3.8) is 0 Å². The van der Waals surface area contributed by atoms with Gasteiger partial charge < -0.3 is 10.2 Å². The quantitative estimate of drug-likeness (QED) is 0.758. The minimum atomic E-state index is -0.0255. The van der Waals surface area contributed by atoms with Gasteiger partial charge in [-0.15, -0.1) is 11.8 Å². The van der Waals surface area contributed by atoms with E-state index in [1.807, 2.05) is 23.1 Å². The van der Waals surface area contributed by atoms with Crippen LogP contribution in [-0.4, -0.2) is 30.2 Å². The number of fused-ring (bicyclic) bond motifs is 1. The number of hydrogen-bond donors (Lipinski definition) is 1. The molecule has 0 saturated heterocycles. The summed E-state index contributed by atoms with van der Waals surface area (Å²) in [6.45, 7) is 3.52. The summed E-state index contributed by atoms with van der Waals surface area (Å²) in [5, 5.41) is 3.33. The van der Waals surface area contributed by atoms with Gasteiger partial charge in [0.1, 0.15) is 0 Å². The zero-order valence-electron chi connectivity index (χ0n) is 15.5. The van der Waals surface area contributed by atoms with Gasteiger partial charge in [0.15, 0.2) is 0 Å². The van der Waals surface area contributed by atoms with Gasteiger partial charge in [-0.25, -0.2) is 0 Å². The predicted molar refractivity (Wildman–Crippen MR) is 108 cm³/mol. The molecule has 1 N–H and O–H groups in total. The second kappa shape index (κ2) is 9.26. The fourth-order valence-corrected chi connectivity index (χ4v) is 4.68. The Morgan fingerprint density at radius 1 is 1.23 bits per heavy atom. The van der Waals surface area contributed by atoms with Crippen LogP contribution in [0.3, 0.4) is 0 Å². The summed E-state index contributed by atoms with van der Waals surface area (Å²) in [5.41, 5.74) is 2.44. The smallest absolute Gasteiger partial charge is 0.227 e. The van der Waals surface area contributed by atoms with E-state index < -0.39 is 0 Å². The number of carbonyl (C=O) groups is 2. The molecule has 0 saturated carbocycles. The van der Waals surface area contributed by atoms with E-state index in [-0.39, 0.29) is 24.7 Å². The maximum absolute atomic E-state index is 12.7. The molecule has 4 nitrogen and oxygen atoms in total. The molecule has 26 heavy (non-hydrogen) atoms. The SMILES string of the molecule is CC1CN(C(=O)CCC(=O)NCCC2=CCCCC2)c2ccccc2S1. The van der Waals surface area contributed by atoms with Crippen LogP contribution in [0.5, 0.6) is 0 Å². The number of benzene rings is 1. The van der Waals surface area contributed by atoms with E-state index in [0.29, 0.717) is 18.3 Å². The van der Waals surface area contributed by atoms with Crippen molar-refractivity contribution in [3.05, 3.63) is 35.9 Å². The predicted octanol–water partition coefficient (Wildman–Crippen LogP) is 4.30. The number of hydrogen-bond acceptors (Lipinski definition) is 3. The summed E-state index contributed by atoms with van der Waals surface area (Å²) in [4.78, 5) is 27.7. The number of carbonyl (C=O) groups excluding carboxylic acids is 2. The molecule has 3 rings (SSSR count). The van der Waals surface area contributed by atoms with Crippen LogP contribution >= 0.6 is 11.8 Å². The lowest BCUT2D eigenvalue weighted by Gasteiger charge is -2.32. The minimum Gasteiger partial charge on any atom is -0.356 e. The van der Waals surface area contributed by atoms with Crippen LogP contribution < -0.4 is 10.2 Å². The van der Waals surface area contributed by atoms with E-state index >= 15 is 0 Å². The molecule has 1 aromatic carbocycles. The topological polar surface area (TPSA) is 49.4 Å². The Bertz CT molecular complexity index is 686. The van der Waals surface area contributed by atoms with Gasteiger partial charge in [0, 0.05) is 36.1 Å². The molecule has 1 heterocycles. The fourth-order valence-electron chi connectivity index (χ4n) is 3.56. The highest BCUT2D eigenvalue weighted by atomic mass is 32.2. The van der Waals surface area contributed by atoms with Gasteiger partial charge in [-0.3, -0.25) is 9.59 Å². The molecule has 0 spiro atoms. The minimum absolute atomic E-state index is 0.0255. The lowest BCUT2D eigenvalue weighted by atomic mass is 9.97. The Morgan fingerprint density at radius 2 is 2.08 bits per heavy atom. The third-order valence-electron chi connectivity index (χ3n) is 4.94. The molecule has 0 aromatic heterocycles. The first-order valence-corrected chi connectivity index (χ1v) is 10.5. The van der Waals surface area contributed by atoms with Gasteiger partial charge in [0.2, 0.25) is 11.8 Å². The number of rotatable bonds is 6. The van der Waals surface area contributed by atoms with Crippen molar-refractivity contribution >= 4 is 29.3 Å². The van der Waals surface area contributed by atoms with Gasteiger partial charge >= 0.3 is 0 Å². The largest absolute Gasteiger partial charge is 0.356 e. The van der Waals surface area contributed by atoms with Gasteiger partial charge in [0.05, 0.1) is 5.69 Å². The lowest BCUT2D eigenvalue weighted by molar-refractivity contribution is -0.125. The lowest BCUT2D eigenvalue weighted by Crippen LogP contribution is -2.39. The first-order valence-electron chi connectivity index (χ1n) is 9.64. The van der Waals surface area contributed by atoms with Crippen LogP contribution in [0.25, 0.3) is 0 Å². The highest BCUT2D eigenvalue weighted by Crippen LogP contribution is 2.38. The zero-order valence-corrected chi connectivity index (χ0v) is 16.3. The van der Waals surface area contributed by atoms with Crippen LogP contribution in [0.2, 0.25) is 0 Å². The second-order valence-electron chi connectivity index (χ2n) is 7.11. The van der Waals surface area contributed by atoms with Crippen LogP contribution in [-0.2, 0) is 9.59 Å². The Hall–Kier alpha value is -1.75. The summed E-state index contributed by atoms with van der Waals surface area (Å²) in [5.74, 6) is 0.0113. The fraction of sp³-hybridized carbons (Fsp3) is 0.524. The molecule has 0 fully saturated rings. The molecule has 2 aliphatic rings. The van der Waals surface area contributed by atoms with Crippen LogP contribution in [0.15, 0.2) is 40.8 Å². The van der Waals surface area contributed by atoms with E-state index in [9.17, 15) is 9.59 Å². The van der Waals surface area contributed by atoms with Crippen molar-refractivity contribution < 1.29 is 9.59 Å². The van der Waals surface area contributed by atoms with Crippen molar-refractivity contribution in [2.24, 2.45) is 0 Å². The maximum Gasteiger partial charge on any atom is 0.227 e. The molecule has 1 unspecified atom stereocenters. The average molecular weight is 373 g/mol. The number of nitrogens with zero attached hydrogens (tertiary/aromatic N) is 1. The van der Waals surface area contributed by atoms with Gasteiger partial charge in [-0.2, -0.15) is 0 Å². The molecule has 5 heteroatoms. The first-order chi connectivity index (χ1) is 12.6. The first kappa shape index (κ1) is 19.0. The van der Waals surface area contributed by atoms with Crippen molar-refractivity contribution in [2.75, 3.05) is 18.0 Å². The number of nitrogens with one attached hydrogen (secondary N) is 1. The average Bonchev–Trinajstić information content (AvgIpc) is 2.66. The Labute approximate surface area is 160 Å². The summed E-state index contributed by atoms with van der Waals surface area (Å²) >= 11 is 1.80. The van der Waals surface area contributed by atoms with E-state index in [1.54, 1.807) is 11.8 Å². The Kier molecular flexibility index (Phi) is 6.78. The van der Waals surface area contributed by atoms with Gasteiger partial charge in [-0.05, 0) is 44.2 Å². The summed E-state index contributed by atoms with van der Waals surface area (Å²) in [7, 11) is 0. The molecule has 0 bridgehead atoms. The molecule has 1 aliphatic heterocycles. The van der Waals surface area contributed by atoms with E-state index in [1.165, 1.54) is 31.3 Å². The number of para-hydroxylation sites is 1. The monoisotopic (exact) mass is 372 g/mol. The summed E-state index contributed by atoms with van der Waals surface area (Å²) in [6.07, 6.45) is 8.67. The van der Waals surface area contributed by atoms with E-state index in [2.05, 4.69) is 24.4 Å². The third kappa shape index (κ3) is 5.13. The maximum atomic E-state index is 12.7. The molecule has 1 aromatic rings. The number of amides is 2. The van der Waals surface area contributed by atoms with Crippen molar-refractivity contribution in [3.8, 4) is 0 Å². The molecule has 2 amide bonds. The van der Waals surface area contributed by atoms with Crippen molar-refractivity contribution in [2.45, 2.75) is 62.0 Å². The zero-order chi connectivity index (χ0) is 18.4. The Balaban J connectivity index is 1.45. The molecule has 1 aliphatic carbocycles. The van der Waals surface area contributed by atoms with Crippen LogP contribution in [0, 0.1) is 0 Å². The standard InChI is InChI=1S/C21H28N2O2S/c1-16-15-23(18-9-5-6-10-19(18)26-16)21(25)12-11-20(24)22-14-13-17-7-3-2-4-8-17/h5-7,9-10,16H,2-4,8,11-15H2,1H3,(H,22,24).